The SMILES string of the molecule is CCCCC=[C](CCCC)[Sn][CH2]CCC. The van der Waals surface area contributed by atoms with Crippen molar-refractivity contribution in [2.75, 3.05) is 0 Å². The summed E-state index contributed by atoms with van der Waals surface area (Å²) in [6, 6.07) is 0. The van der Waals surface area contributed by atoms with Crippen molar-refractivity contribution < 1.29 is 0 Å². The van der Waals surface area contributed by atoms with Crippen LogP contribution in [0.3, 0.4) is 0 Å². The molecule has 0 bridgehead atoms. The van der Waals surface area contributed by atoms with Crippen LogP contribution in [0.2, 0.25) is 4.44 Å². The summed E-state index contributed by atoms with van der Waals surface area (Å²) < 4.78 is 3.48. The predicted octanol–water partition coefficient (Wildman–Crippen LogP) is 5.17. The fourth-order valence-corrected chi connectivity index (χ4v) is 5.80. The Morgan fingerprint density at radius 3 is 2.20 bits per heavy atom. The van der Waals surface area contributed by atoms with E-state index in [0.717, 1.165) is 0 Å². The van der Waals surface area contributed by atoms with Gasteiger partial charge in [-0.05, 0) is 0 Å². The zero-order valence-electron chi connectivity index (χ0n) is 10.9. The number of allylic oxidation sites excluding steroid dienone is 2. The number of unbranched alkanes of at least 4 members (excludes halogenated alkanes) is 4. The Morgan fingerprint density at radius 1 is 0.933 bits per heavy atom. The Labute approximate surface area is 107 Å². The minimum atomic E-state index is -0.149. The fraction of sp³-hybridized carbons (Fsp3) is 0.857. The van der Waals surface area contributed by atoms with Gasteiger partial charge in [0.05, 0.1) is 0 Å². The van der Waals surface area contributed by atoms with E-state index in [1.807, 2.05) is 3.59 Å². The molecule has 0 saturated carbocycles. The van der Waals surface area contributed by atoms with Crippen molar-refractivity contribution in [3.05, 3.63) is 9.67 Å². The van der Waals surface area contributed by atoms with Crippen molar-refractivity contribution >= 4 is 21.1 Å². The van der Waals surface area contributed by atoms with Crippen LogP contribution < -0.4 is 0 Å². The molecule has 0 aliphatic carbocycles. The molecule has 0 spiro atoms. The molecule has 0 fully saturated rings. The van der Waals surface area contributed by atoms with E-state index in [4.69, 9.17) is 0 Å². The van der Waals surface area contributed by atoms with Crippen LogP contribution in [0.5, 0.6) is 0 Å². The van der Waals surface area contributed by atoms with Gasteiger partial charge in [0.25, 0.3) is 0 Å². The monoisotopic (exact) mass is 316 g/mol. The van der Waals surface area contributed by atoms with Crippen molar-refractivity contribution in [1.29, 1.82) is 0 Å². The standard InChI is InChI=1S/C10H19.C4H9.Sn/c1-3-5-7-9-10-8-6-4-2;1-3-4-2;/h9H,3-8H2,1-2H3;1,3-4H2,2H3;. The van der Waals surface area contributed by atoms with Crippen molar-refractivity contribution in [1.82, 2.24) is 0 Å². The van der Waals surface area contributed by atoms with E-state index < -0.39 is 0 Å². The molecule has 0 aromatic carbocycles. The van der Waals surface area contributed by atoms with E-state index in [9.17, 15) is 0 Å². The van der Waals surface area contributed by atoms with E-state index in [1.54, 1.807) is 4.44 Å². The molecule has 0 amide bonds. The maximum atomic E-state index is 2.60. The van der Waals surface area contributed by atoms with E-state index in [2.05, 4.69) is 26.8 Å². The van der Waals surface area contributed by atoms with Crippen LogP contribution >= 0.6 is 0 Å². The maximum absolute atomic E-state index is 2.60. The second kappa shape index (κ2) is 12.6. The molecule has 0 atom stereocenters. The third-order valence-corrected chi connectivity index (χ3v) is 6.95. The summed E-state index contributed by atoms with van der Waals surface area (Å²) in [4.78, 5) is 0. The van der Waals surface area contributed by atoms with Crippen LogP contribution in [0.1, 0.15) is 72.1 Å². The average molecular weight is 315 g/mol. The molecule has 0 saturated heterocycles. The zero-order chi connectivity index (χ0) is 11.4. The summed E-state index contributed by atoms with van der Waals surface area (Å²) in [7, 11) is 0. The molecular formula is C14H28Sn. The van der Waals surface area contributed by atoms with Gasteiger partial charge in [0.15, 0.2) is 0 Å². The van der Waals surface area contributed by atoms with Crippen molar-refractivity contribution in [3.8, 4) is 0 Å². The van der Waals surface area contributed by atoms with Gasteiger partial charge < -0.3 is 0 Å². The number of hydrogen-bond acceptors (Lipinski definition) is 0. The zero-order valence-corrected chi connectivity index (χ0v) is 13.8. The summed E-state index contributed by atoms with van der Waals surface area (Å²) in [5.41, 5.74) is 0. The second-order valence-corrected chi connectivity index (χ2v) is 8.52. The topological polar surface area (TPSA) is 0 Å². The van der Waals surface area contributed by atoms with Crippen LogP contribution in [0.15, 0.2) is 9.67 Å². The van der Waals surface area contributed by atoms with Crippen LogP contribution in [0, 0.1) is 0 Å². The second-order valence-electron chi connectivity index (χ2n) is 4.26. The molecule has 15 heavy (non-hydrogen) atoms. The van der Waals surface area contributed by atoms with Crippen molar-refractivity contribution in [2.24, 2.45) is 0 Å². The van der Waals surface area contributed by atoms with E-state index in [0.29, 0.717) is 0 Å². The van der Waals surface area contributed by atoms with E-state index in [1.165, 1.54) is 51.4 Å². The summed E-state index contributed by atoms with van der Waals surface area (Å²) in [6.07, 6.45) is 13.8. The van der Waals surface area contributed by atoms with E-state index in [-0.39, 0.29) is 21.1 Å². The third kappa shape index (κ3) is 10.8. The van der Waals surface area contributed by atoms with Crippen LogP contribution in [-0.4, -0.2) is 21.1 Å². The van der Waals surface area contributed by atoms with Gasteiger partial charge in [0.2, 0.25) is 0 Å². The molecule has 1 heteroatoms. The van der Waals surface area contributed by atoms with Gasteiger partial charge in [-0.25, -0.2) is 0 Å². The van der Waals surface area contributed by atoms with E-state index >= 15 is 0 Å². The Bertz CT molecular complexity index is 149. The van der Waals surface area contributed by atoms with Gasteiger partial charge in [-0.2, -0.15) is 0 Å². The molecule has 0 aliphatic rings. The molecular weight excluding hydrogens is 287 g/mol. The fourth-order valence-electron chi connectivity index (χ4n) is 1.54. The minimum absolute atomic E-state index is 0.149. The van der Waals surface area contributed by atoms with Crippen molar-refractivity contribution in [3.63, 3.8) is 0 Å². The Balaban J connectivity index is 3.76. The Hall–Kier alpha value is 0.539. The van der Waals surface area contributed by atoms with Gasteiger partial charge in [-0.3, -0.25) is 0 Å². The summed E-state index contributed by atoms with van der Waals surface area (Å²) in [5, 5.41) is 0. The van der Waals surface area contributed by atoms with Gasteiger partial charge in [0, 0.05) is 0 Å². The van der Waals surface area contributed by atoms with Crippen LogP contribution in [0.25, 0.3) is 0 Å². The molecule has 2 radical (unpaired) electrons. The molecule has 0 aromatic rings. The predicted molar refractivity (Wildman–Crippen MR) is 72.6 cm³/mol. The summed E-state index contributed by atoms with van der Waals surface area (Å²) in [6.45, 7) is 6.91. The van der Waals surface area contributed by atoms with Gasteiger partial charge in [0.1, 0.15) is 0 Å². The van der Waals surface area contributed by atoms with Gasteiger partial charge in [-0.15, -0.1) is 0 Å². The number of rotatable bonds is 10. The molecule has 0 rings (SSSR count). The Morgan fingerprint density at radius 2 is 1.60 bits per heavy atom. The normalized spacial score (nSPS) is 12.1. The first-order chi connectivity index (χ1) is 7.35. The molecule has 0 unspecified atom stereocenters. The third-order valence-electron chi connectivity index (χ3n) is 2.63. The number of hydrogen-bond donors (Lipinski definition) is 0. The first-order valence-corrected chi connectivity index (χ1v) is 10.2. The molecule has 0 N–H and O–H groups in total. The average Bonchev–Trinajstić information content (AvgIpc) is 2.25. The van der Waals surface area contributed by atoms with Gasteiger partial charge >= 0.3 is 107 Å². The summed E-state index contributed by atoms with van der Waals surface area (Å²) >= 11 is -0.149. The van der Waals surface area contributed by atoms with Crippen molar-refractivity contribution in [2.45, 2.75) is 76.6 Å². The molecule has 0 aliphatic heterocycles. The molecule has 88 valence electrons. The van der Waals surface area contributed by atoms with Crippen LogP contribution in [0.4, 0.5) is 0 Å². The van der Waals surface area contributed by atoms with Crippen LogP contribution in [-0.2, 0) is 0 Å². The molecule has 0 nitrogen and oxygen atoms in total. The Kier molecular flexibility index (Phi) is 13.1. The quantitative estimate of drug-likeness (QED) is 0.385. The summed E-state index contributed by atoms with van der Waals surface area (Å²) in [5.74, 6) is 0. The van der Waals surface area contributed by atoms with Gasteiger partial charge in [-0.1, -0.05) is 0 Å². The first kappa shape index (κ1) is 15.5. The first-order valence-electron chi connectivity index (χ1n) is 6.78. The molecule has 0 heterocycles. The molecule has 0 aromatic heterocycles.